The van der Waals surface area contributed by atoms with Crippen molar-refractivity contribution in [2.45, 2.75) is 32.9 Å². The van der Waals surface area contributed by atoms with Crippen LogP contribution in [0.3, 0.4) is 0 Å². The summed E-state index contributed by atoms with van der Waals surface area (Å²) in [5.41, 5.74) is 9.35. The minimum atomic E-state index is -0.214. The molecule has 3 heteroatoms. The number of rotatable bonds is 4. The summed E-state index contributed by atoms with van der Waals surface area (Å²) in [5, 5.41) is 0.692. The van der Waals surface area contributed by atoms with Gasteiger partial charge in [-0.05, 0) is 55.7 Å². The molecule has 0 saturated heterocycles. The molecule has 106 valence electrons. The predicted molar refractivity (Wildman–Crippen MR) is 84.4 cm³/mol. The minimum Gasteiger partial charge on any atom is -0.484 e. The Bertz CT molecular complexity index is 595. The van der Waals surface area contributed by atoms with Crippen LogP contribution >= 0.6 is 11.6 Å². The van der Waals surface area contributed by atoms with Gasteiger partial charge < -0.3 is 10.5 Å². The van der Waals surface area contributed by atoms with Crippen LogP contribution in [-0.2, 0) is 0 Å². The lowest BCUT2D eigenvalue weighted by Gasteiger charge is -2.24. The molecule has 0 saturated carbocycles. The third kappa shape index (κ3) is 3.53. The van der Waals surface area contributed by atoms with E-state index in [1.54, 1.807) is 0 Å². The molecule has 0 aromatic heterocycles. The van der Waals surface area contributed by atoms with Gasteiger partial charge in [0.25, 0.3) is 0 Å². The van der Waals surface area contributed by atoms with E-state index in [4.69, 9.17) is 22.1 Å². The molecule has 0 aliphatic carbocycles. The van der Waals surface area contributed by atoms with Gasteiger partial charge in [-0.15, -0.1) is 0 Å². The Morgan fingerprint density at radius 1 is 1.10 bits per heavy atom. The van der Waals surface area contributed by atoms with Gasteiger partial charge >= 0.3 is 0 Å². The SMILES string of the molecule is Cc1ccc(C)c(OC(c2cccc(Cl)c2)C(C)N)c1. The van der Waals surface area contributed by atoms with Crippen LogP contribution in [0.2, 0.25) is 5.02 Å². The van der Waals surface area contributed by atoms with Crippen LogP contribution in [0.1, 0.15) is 29.7 Å². The van der Waals surface area contributed by atoms with E-state index in [0.29, 0.717) is 5.02 Å². The van der Waals surface area contributed by atoms with Gasteiger partial charge in [-0.3, -0.25) is 0 Å². The molecule has 2 rings (SSSR count). The average Bonchev–Trinajstić information content (AvgIpc) is 2.39. The molecule has 0 fully saturated rings. The third-order valence-corrected chi connectivity index (χ3v) is 3.49. The number of hydrogen-bond donors (Lipinski definition) is 1. The van der Waals surface area contributed by atoms with Crippen LogP contribution in [0.15, 0.2) is 42.5 Å². The normalized spacial score (nSPS) is 13.8. The zero-order valence-electron chi connectivity index (χ0n) is 12.1. The quantitative estimate of drug-likeness (QED) is 0.904. The van der Waals surface area contributed by atoms with Crippen LogP contribution in [0, 0.1) is 13.8 Å². The van der Waals surface area contributed by atoms with Gasteiger partial charge in [0, 0.05) is 11.1 Å². The zero-order chi connectivity index (χ0) is 14.7. The van der Waals surface area contributed by atoms with Gasteiger partial charge in [-0.1, -0.05) is 35.9 Å². The molecule has 0 amide bonds. The monoisotopic (exact) mass is 289 g/mol. The van der Waals surface area contributed by atoms with E-state index >= 15 is 0 Å². The van der Waals surface area contributed by atoms with Crippen molar-refractivity contribution >= 4 is 11.6 Å². The van der Waals surface area contributed by atoms with Crippen molar-refractivity contribution in [3.63, 3.8) is 0 Å². The fourth-order valence-electron chi connectivity index (χ4n) is 2.13. The molecular formula is C17H20ClNO. The summed E-state index contributed by atoms with van der Waals surface area (Å²) in [5.74, 6) is 0.868. The first-order valence-electron chi connectivity index (χ1n) is 6.72. The van der Waals surface area contributed by atoms with E-state index in [1.807, 2.05) is 51.1 Å². The smallest absolute Gasteiger partial charge is 0.139 e. The molecule has 2 aromatic carbocycles. The van der Waals surface area contributed by atoms with Crippen LogP contribution in [0.5, 0.6) is 5.75 Å². The summed E-state index contributed by atoms with van der Waals surface area (Å²) in [6, 6.07) is 13.7. The highest BCUT2D eigenvalue weighted by Gasteiger charge is 2.19. The molecule has 2 nitrogen and oxygen atoms in total. The van der Waals surface area contributed by atoms with Gasteiger partial charge in [-0.2, -0.15) is 0 Å². The summed E-state index contributed by atoms with van der Waals surface area (Å²) < 4.78 is 6.14. The molecular weight excluding hydrogens is 270 g/mol. The topological polar surface area (TPSA) is 35.2 Å². The predicted octanol–water partition coefficient (Wildman–Crippen LogP) is 4.42. The first-order chi connectivity index (χ1) is 9.47. The maximum atomic E-state index is 6.14. The summed E-state index contributed by atoms with van der Waals surface area (Å²) in [4.78, 5) is 0. The Hall–Kier alpha value is -1.51. The standard InChI is InChI=1S/C17H20ClNO/c1-11-7-8-12(2)16(9-11)20-17(13(3)19)14-5-4-6-15(18)10-14/h4-10,13,17H,19H2,1-3H3. The molecule has 0 radical (unpaired) electrons. The van der Waals surface area contributed by atoms with E-state index in [9.17, 15) is 0 Å². The molecule has 20 heavy (non-hydrogen) atoms. The highest BCUT2D eigenvalue weighted by Crippen LogP contribution is 2.28. The second kappa shape index (κ2) is 6.29. The number of benzene rings is 2. The zero-order valence-corrected chi connectivity index (χ0v) is 12.8. The van der Waals surface area contributed by atoms with E-state index in [0.717, 1.165) is 16.9 Å². The van der Waals surface area contributed by atoms with Gasteiger partial charge in [0.05, 0.1) is 0 Å². The molecule has 0 spiro atoms. The molecule has 2 unspecified atom stereocenters. The van der Waals surface area contributed by atoms with Crippen molar-refractivity contribution in [3.05, 3.63) is 64.2 Å². The van der Waals surface area contributed by atoms with Gasteiger partial charge in [0.2, 0.25) is 0 Å². The number of aryl methyl sites for hydroxylation is 2. The highest BCUT2D eigenvalue weighted by atomic mass is 35.5. The lowest BCUT2D eigenvalue weighted by Crippen LogP contribution is -2.29. The number of halogens is 1. The summed E-state index contributed by atoms with van der Waals surface area (Å²) in [6.45, 7) is 6.02. The summed E-state index contributed by atoms with van der Waals surface area (Å²) in [7, 11) is 0. The van der Waals surface area contributed by atoms with Crippen molar-refractivity contribution < 1.29 is 4.74 Å². The first kappa shape index (κ1) is 14.9. The van der Waals surface area contributed by atoms with E-state index in [-0.39, 0.29) is 12.1 Å². The Labute approximate surface area is 125 Å². The van der Waals surface area contributed by atoms with Crippen molar-refractivity contribution in [3.8, 4) is 5.75 Å². The minimum absolute atomic E-state index is 0.131. The molecule has 0 heterocycles. The highest BCUT2D eigenvalue weighted by molar-refractivity contribution is 6.30. The summed E-state index contributed by atoms with van der Waals surface area (Å²) >= 11 is 6.06. The van der Waals surface area contributed by atoms with Crippen molar-refractivity contribution in [2.75, 3.05) is 0 Å². The molecule has 0 aliphatic heterocycles. The van der Waals surface area contributed by atoms with Crippen molar-refractivity contribution in [1.29, 1.82) is 0 Å². The largest absolute Gasteiger partial charge is 0.484 e. The maximum Gasteiger partial charge on any atom is 0.139 e. The van der Waals surface area contributed by atoms with Crippen LogP contribution in [0.25, 0.3) is 0 Å². The number of nitrogens with two attached hydrogens (primary N) is 1. The lowest BCUT2D eigenvalue weighted by atomic mass is 10.0. The van der Waals surface area contributed by atoms with Gasteiger partial charge in [-0.25, -0.2) is 0 Å². The van der Waals surface area contributed by atoms with Crippen molar-refractivity contribution in [1.82, 2.24) is 0 Å². The third-order valence-electron chi connectivity index (χ3n) is 3.25. The maximum absolute atomic E-state index is 6.14. The van der Waals surface area contributed by atoms with E-state index < -0.39 is 0 Å². The second-order valence-electron chi connectivity index (χ2n) is 5.22. The fraction of sp³-hybridized carbons (Fsp3) is 0.294. The second-order valence-corrected chi connectivity index (χ2v) is 5.66. The average molecular weight is 290 g/mol. The Balaban J connectivity index is 2.33. The van der Waals surface area contributed by atoms with Crippen LogP contribution in [0.4, 0.5) is 0 Å². The Morgan fingerprint density at radius 2 is 1.85 bits per heavy atom. The fourth-order valence-corrected chi connectivity index (χ4v) is 2.33. The molecule has 2 N–H and O–H groups in total. The van der Waals surface area contributed by atoms with Crippen LogP contribution in [-0.4, -0.2) is 6.04 Å². The van der Waals surface area contributed by atoms with Crippen LogP contribution < -0.4 is 10.5 Å². The molecule has 0 bridgehead atoms. The molecule has 2 aromatic rings. The van der Waals surface area contributed by atoms with E-state index in [1.165, 1.54) is 5.56 Å². The van der Waals surface area contributed by atoms with Crippen molar-refractivity contribution in [2.24, 2.45) is 5.73 Å². The lowest BCUT2D eigenvalue weighted by molar-refractivity contribution is 0.179. The summed E-state index contributed by atoms with van der Waals surface area (Å²) in [6.07, 6.45) is -0.214. The Kier molecular flexibility index (Phi) is 4.69. The molecule has 2 atom stereocenters. The number of hydrogen-bond acceptors (Lipinski definition) is 2. The van der Waals surface area contributed by atoms with Gasteiger partial charge in [0.15, 0.2) is 0 Å². The number of ether oxygens (including phenoxy) is 1. The molecule has 0 aliphatic rings. The Morgan fingerprint density at radius 3 is 2.50 bits per heavy atom. The van der Waals surface area contributed by atoms with E-state index in [2.05, 4.69) is 12.1 Å². The first-order valence-corrected chi connectivity index (χ1v) is 7.10. The van der Waals surface area contributed by atoms with Gasteiger partial charge in [0.1, 0.15) is 11.9 Å².